The van der Waals surface area contributed by atoms with Gasteiger partial charge in [0.15, 0.2) is 31.3 Å². The monoisotopic (exact) mass is 1260 g/mol. The third-order valence-electron chi connectivity index (χ3n) is 22.8. The summed E-state index contributed by atoms with van der Waals surface area (Å²) in [4.78, 5) is 39.2. The van der Waals surface area contributed by atoms with Crippen molar-refractivity contribution in [3.63, 3.8) is 0 Å². The third kappa shape index (κ3) is 11.4. The molecule has 0 bridgehead atoms. The van der Waals surface area contributed by atoms with E-state index in [0.29, 0.717) is 37.7 Å². The van der Waals surface area contributed by atoms with E-state index < -0.39 is 224 Å². The van der Waals surface area contributed by atoms with Crippen LogP contribution in [0.25, 0.3) is 0 Å². The molecule has 31 unspecified atom stereocenters. The Balaban J connectivity index is 1.05. The fourth-order valence-corrected chi connectivity index (χ4v) is 17.3. The largest absolute Gasteiger partial charge is 0.479 e. The minimum absolute atomic E-state index is 0.133. The van der Waals surface area contributed by atoms with Crippen molar-refractivity contribution in [1.29, 1.82) is 0 Å². The van der Waals surface area contributed by atoms with Gasteiger partial charge in [0.2, 0.25) is 0 Å². The summed E-state index contributed by atoms with van der Waals surface area (Å²) in [6, 6.07) is 0. The number of allylic oxidation sites excluding steroid dienone is 3. The Morgan fingerprint density at radius 1 is 0.659 bits per heavy atom. The maximum Gasteiger partial charge on any atom is 0.335 e. The van der Waals surface area contributed by atoms with Crippen molar-refractivity contribution < 1.29 is 138 Å². The van der Waals surface area contributed by atoms with Crippen molar-refractivity contribution in [3.05, 3.63) is 23.3 Å². The molecule has 88 heavy (non-hydrogen) atoms. The van der Waals surface area contributed by atoms with Gasteiger partial charge in [-0.3, -0.25) is 4.79 Å². The van der Waals surface area contributed by atoms with E-state index in [1.54, 1.807) is 19.9 Å². The number of hydrogen-bond acceptors (Lipinski definition) is 27. The third-order valence-corrected chi connectivity index (χ3v) is 22.8. The molecule has 4 saturated heterocycles. The number of carbonyl (C=O) groups is 3. The van der Waals surface area contributed by atoms with Crippen molar-refractivity contribution in [2.75, 3.05) is 33.0 Å². The fraction of sp³-hybridized carbons (Fsp3) is 0.883. The second-order valence-corrected chi connectivity index (χ2v) is 27.9. The lowest BCUT2D eigenvalue weighted by Gasteiger charge is -2.72. The predicted octanol–water partition coefficient (Wildman–Crippen LogP) is -2.86. The van der Waals surface area contributed by atoms with Crippen LogP contribution in [-0.2, 0) is 61.8 Å². The van der Waals surface area contributed by atoms with Crippen molar-refractivity contribution in [3.8, 4) is 0 Å². The van der Waals surface area contributed by atoms with Crippen molar-refractivity contribution in [2.45, 2.75) is 248 Å². The summed E-state index contributed by atoms with van der Waals surface area (Å²) in [5.74, 6) is -4.04. The highest BCUT2D eigenvalue weighted by Gasteiger charge is 2.74. The van der Waals surface area contributed by atoms with E-state index in [1.165, 1.54) is 6.92 Å². The van der Waals surface area contributed by atoms with Gasteiger partial charge in [-0.2, -0.15) is 0 Å². The Hall–Kier alpha value is -2.99. The van der Waals surface area contributed by atoms with Gasteiger partial charge in [0.05, 0.1) is 44.1 Å². The fourth-order valence-electron chi connectivity index (χ4n) is 17.3. The normalized spacial score (nSPS) is 51.1. The lowest BCUT2D eigenvalue weighted by Crippen LogP contribution is -2.72. The van der Waals surface area contributed by atoms with Crippen LogP contribution in [-0.4, -0.2) is 269 Å². The van der Waals surface area contributed by atoms with E-state index in [0.717, 1.165) is 5.57 Å². The van der Waals surface area contributed by atoms with Crippen LogP contribution < -0.4 is 0 Å². The number of carbonyl (C=O) groups excluding carboxylic acids is 2. The van der Waals surface area contributed by atoms with E-state index in [-0.39, 0.29) is 31.3 Å². The van der Waals surface area contributed by atoms with E-state index in [9.17, 15) is 91.0 Å². The molecule has 4 saturated carbocycles. The minimum Gasteiger partial charge on any atom is -0.479 e. The van der Waals surface area contributed by atoms with E-state index in [1.807, 2.05) is 20.8 Å². The molecule has 9 aliphatic rings. The number of aliphatic carboxylic acids is 1. The van der Waals surface area contributed by atoms with Crippen LogP contribution in [0.5, 0.6) is 0 Å². The molecular weight excluding hydrogens is 1170 g/mol. The van der Waals surface area contributed by atoms with E-state index >= 15 is 0 Å². The highest BCUT2D eigenvalue weighted by molar-refractivity contribution is 5.87. The van der Waals surface area contributed by atoms with Crippen LogP contribution in [0, 0.1) is 50.2 Å². The molecule has 0 amide bonds. The summed E-state index contributed by atoms with van der Waals surface area (Å²) in [6.07, 6.45) is -35.7. The smallest absolute Gasteiger partial charge is 0.335 e. The number of esters is 2. The summed E-state index contributed by atoms with van der Waals surface area (Å²) in [5, 5.41) is 167. The summed E-state index contributed by atoms with van der Waals surface area (Å²) in [6.45, 7) is 13.4. The SMILES string of the molecule is CC=C(C)C(=O)OC1C(O)C2(COC(C)=O)C(O)CC3(C)C(=CCC4C5(C)CCC(OC6OC(C(=O)O)C(O)C(OC7OCC(O)C(O)C7OC7OC(CO)C(O)C(O)C7O)C6OC6OC(CO)C(O)C(O)C6O)C(C)(CO)C5CCC43C)C2CC1(C)C. The van der Waals surface area contributed by atoms with Crippen molar-refractivity contribution >= 4 is 17.9 Å². The zero-order valence-corrected chi connectivity index (χ0v) is 51.2. The number of ether oxygens (including phenoxy) is 10. The lowest BCUT2D eigenvalue weighted by molar-refractivity contribution is -0.401. The van der Waals surface area contributed by atoms with Crippen molar-refractivity contribution in [2.24, 2.45) is 50.2 Å². The molecule has 5 aliphatic carbocycles. The van der Waals surface area contributed by atoms with Gasteiger partial charge in [0.1, 0.15) is 104 Å². The Morgan fingerprint density at radius 3 is 1.81 bits per heavy atom. The standard InChI is InChI=1S/C60H94O28/c1-10-24(2)50(78)88-48-47(75)60(23-80-25(3)64)27(17-55(48,4)5)26-11-12-32-56(6)15-14-34(57(7,22-63)31(56)13-16-58(32,8)59(26,9)18-33(60)66)83-54-46(87-52-41(73)39(71)37(69)30(20-62)82-52)43(42(74)44(85-54)49(76)77)84-53-45(35(67)28(65)21-79-53)86-51-40(72)38(70)36(68)29(19-61)81-51/h10-11,27-48,51-54,61-63,65-75H,12-23H2,1-9H3,(H,76,77). The maximum absolute atomic E-state index is 13.4. The van der Waals surface area contributed by atoms with Crippen LogP contribution in [0.2, 0.25) is 0 Å². The number of hydrogen-bond donors (Lipinski definition) is 15. The van der Waals surface area contributed by atoms with Gasteiger partial charge in [0.25, 0.3) is 0 Å². The highest BCUT2D eigenvalue weighted by atomic mass is 16.8. The Labute approximate surface area is 509 Å². The predicted molar refractivity (Wildman–Crippen MR) is 296 cm³/mol. The molecule has 502 valence electrons. The quantitative estimate of drug-likeness (QED) is 0.0320. The molecule has 4 aliphatic heterocycles. The number of fused-ring (bicyclic) bond motifs is 7. The summed E-state index contributed by atoms with van der Waals surface area (Å²) < 4.78 is 60.3. The number of carboxylic acids is 1. The molecular formula is C60H94O28. The summed E-state index contributed by atoms with van der Waals surface area (Å²) >= 11 is 0. The number of rotatable bonds is 16. The highest BCUT2D eigenvalue weighted by Crippen LogP contribution is 2.76. The van der Waals surface area contributed by atoms with Crippen LogP contribution >= 0.6 is 0 Å². The van der Waals surface area contributed by atoms with Crippen LogP contribution in [0.15, 0.2) is 23.3 Å². The van der Waals surface area contributed by atoms with Gasteiger partial charge in [0, 0.05) is 23.3 Å². The zero-order chi connectivity index (χ0) is 64.9. The molecule has 28 nitrogen and oxygen atoms in total. The first kappa shape index (κ1) is 69.4. The summed E-state index contributed by atoms with van der Waals surface area (Å²) in [5.41, 5.74) is -4.10. The number of carboxylic acid groups (broad SMARTS) is 1. The van der Waals surface area contributed by atoms with Crippen molar-refractivity contribution in [1.82, 2.24) is 0 Å². The van der Waals surface area contributed by atoms with Gasteiger partial charge >= 0.3 is 17.9 Å². The Kier molecular flexibility index (Phi) is 20.3. The molecule has 0 aromatic carbocycles. The number of aliphatic hydroxyl groups excluding tert-OH is 14. The van der Waals surface area contributed by atoms with Crippen LogP contribution in [0.1, 0.15) is 107 Å². The van der Waals surface area contributed by atoms with Crippen LogP contribution in [0.3, 0.4) is 0 Å². The topological polar surface area (TPSA) is 447 Å². The molecule has 0 radical (unpaired) electrons. The van der Waals surface area contributed by atoms with Gasteiger partial charge < -0.3 is 124 Å². The molecule has 28 heteroatoms. The van der Waals surface area contributed by atoms with Gasteiger partial charge in [-0.15, -0.1) is 0 Å². The Bertz CT molecular complexity index is 2570. The molecule has 0 spiro atoms. The molecule has 8 fully saturated rings. The molecule has 15 N–H and O–H groups in total. The first-order valence-electron chi connectivity index (χ1n) is 30.6. The van der Waals surface area contributed by atoms with Crippen LogP contribution in [0.4, 0.5) is 0 Å². The summed E-state index contributed by atoms with van der Waals surface area (Å²) in [7, 11) is 0. The van der Waals surface area contributed by atoms with Gasteiger partial charge in [-0.1, -0.05) is 59.3 Å². The van der Waals surface area contributed by atoms with Gasteiger partial charge in [-0.25, -0.2) is 9.59 Å². The average Bonchev–Trinajstić information content (AvgIpc) is 0.673. The van der Waals surface area contributed by atoms with E-state index in [4.69, 9.17) is 47.4 Å². The second kappa shape index (κ2) is 25.7. The number of aliphatic hydroxyl groups is 14. The first-order chi connectivity index (χ1) is 41.2. The first-order valence-corrected chi connectivity index (χ1v) is 30.6. The molecule has 0 aromatic rings. The molecule has 9 rings (SSSR count). The molecule has 31 atom stereocenters. The minimum atomic E-state index is -2.30. The average molecular weight is 1260 g/mol. The Morgan fingerprint density at radius 2 is 1.25 bits per heavy atom. The molecule has 4 heterocycles. The lowest BCUT2D eigenvalue weighted by atomic mass is 9.33. The maximum atomic E-state index is 13.4. The molecule has 0 aromatic heterocycles. The van der Waals surface area contributed by atoms with Gasteiger partial charge in [-0.05, 0) is 92.8 Å². The second-order valence-electron chi connectivity index (χ2n) is 27.9. The zero-order valence-electron chi connectivity index (χ0n) is 51.2. The van der Waals surface area contributed by atoms with E-state index in [2.05, 4.69) is 26.8 Å².